The van der Waals surface area contributed by atoms with Crippen LogP contribution in [-0.4, -0.2) is 54.6 Å². The molecule has 0 amide bonds. The maximum absolute atomic E-state index is 4.85. The molecular weight excluding hydrogens is 374 g/mol. The van der Waals surface area contributed by atoms with Crippen LogP contribution in [0.1, 0.15) is 33.1 Å². The van der Waals surface area contributed by atoms with E-state index in [0.717, 1.165) is 41.2 Å². The molecule has 7 heteroatoms. The minimum absolute atomic E-state index is 0.628. The summed E-state index contributed by atoms with van der Waals surface area (Å²) < 4.78 is 1.83. The highest BCUT2D eigenvalue weighted by Crippen LogP contribution is 2.24. The van der Waals surface area contributed by atoms with Crippen LogP contribution in [0.4, 0.5) is 5.95 Å². The molecule has 154 valence electrons. The van der Waals surface area contributed by atoms with E-state index in [9.17, 15) is 0 Å². The second-order valence-corrected chi connectivity index (χ2v) is 8.16. The zero-order valence-electron chi connectivity index (χ0n) is 17.5. The number of benzene rings is 1. The third kappa shape index (κ3) is 3.50. The van der Waals surface area contributed by atoms with E-state index in [4.69, 9.17) is 15.1 Å². The van der Waals surface area contributed by atoms with Gasteiger partial charge in [0.15, 0.2) is 11.5 Å². The van der Waals surface area contributed by atoms with E-state index in [1.54, 1.807) is 12.4 Å². The molecular formula is C23H27N7. The normalized spacial score (nSPS) is 20.1. The third-order valence-electron chi connectivity index (χ3n) is 6.13. The molecule has 1 aliphatic heterocycles. The van der Waals surface area contributed by atoms with Crippen molar-refractivity contribution in [3.63, 3.8) is 0 Å². The number of nitrogens with one attached hydrogen (secondary N) is 1. The Kier molecular flexibility index (Phi) is 5.04. The molecule has 0 spiro atoms. The predicted molar refractivity (Wildman–Crippen MR) is 119 cm³/mol. The molecule has 0 aliphatic carbocycles. The molecule has 1 aliphatic rings. The van der Waals surface area contributed by atoms with Crippen LogP contribution >= 0.6 is 0 Å². The van der Waals surface area contributed by atoms with E-state index in [2.05, 4.69) is 29.0 Å². The van der Waals surface area contributed by atoms with Gasteiger partial charge in [-0.25, -0.2) is 9.97 Å². The van der Waals surface area contributed by atoms with Gasteiger partial charge in [-0.05, 0) is 51.0 Å². The van der Waals surface area contributed by atoms with Crippen molar-refractivity contribution in [3.8, 4) is 11.4 Å². The van der Waals surface area contributed by atoms with Crippen molar-refractivity contribution in [2.75, 3.05) is 18.4 Å². The number of pyridine rings is 1. The van der Waals surface area contributed by atoms with Crippen LogP contribution in [0, 0.1) is 0 Å². The van der Waals surface area contributed by atoms with Crippen LogP contribution < -0.4 is 5.32 Å². The van der Waals surface area contributed by atoms with Crippen LogP contribution in [-0.2, 0) is 0 Å². The molecule has 7 nitrogen and oxygen atoms in total. The summed E-state index contributed by atoms with van der Waals surface area (Å²) in [5, 5.41) is 9.27. The molecule has 0 unspecified atom stereocenters. The fourth-order valence-electron chi connectivity index (χ4n) is 4.50. The Balaban J connectivity index is 1.48. The summed E-state index contributed by atoms with van der Waals surface area (Å²) in [6.45, 7) is 6.47. The first-order valence-corrected chi connectivity index (χ1v) is 10.8. The average molecular weight is 402 g/mol. The minimum Gasteiger partial charge on any atom is -0.353 e. The Morgan fingerprint density at radius 2 is 1.87 bits per heavy atom. The predicted octanol–water partition coefficient (Wildman–Crippen LogP) is 4.01. The van der Waals surface area contributed by atoms with Crippen LogP contribution in [0.3, 0.4) is 0 Å². The molecule has 3 aromatic heterocycles. The molecule has 0 bridgehead atoms. The van der Waals surface area contributed by atoms with Crippen molar-refractivity contribution in [1.29, 1.82) is 0 Å². The number of aromatic nitrogens is 5. The van der Waals surface area contributed by atoms with Crippen LogP contribution in [0.25, 0.3) is 27.9 Å². The maximum Gasteiger partial charge on any atom is 0.226 e. The van der Waals surface area contributed by atoms with Gasteiger partial charge in [0.25, 0.3) is 0 Å². The summed E-state index contributed by atoms with van der Waals surface area (Å²) >= 11 is 0. The van der Waals surface area contributed by atoms with Gasteiger partial charge in [0.05, 0.1) is 5.52 Å². The second kappa shape index (κ2) is 7.99. The maximum atomic E-state index is 4.85. The van der Waals surface area contributed by atoms with Crippen molar-refractivity contribution in [2.24, 2.45) is 0 Å². The molecule has 0 saturated carbocycles. The van der Waals surface area contributed by atoms with Crippen molar-refractivity contribution in [2.45, 2.75) is 45.2 Å². The fourth-order valence-corrected chi connectivity index (χ4v) is 4.50. The quantitative estimate of drug-likeness (QED) is 0.545. The van der Waals surface area contributed by atoms with E-state index >= 15 is 0 Å². The van der Waals surface area contributed by atoms with Crippen LogP contribution in [0.15, 0.2) is 48.8 Å². The molecule has 1 aromatic carbocycles. The molecule has 1 N–H and O–H groups in total. The molecule has 0 radical (unpaired) electrons. The second-order valence-electron chi connectivity index (χ2n) is 8.16. The van der Waals surface area contributed by atoms with Gasteiger partial charge < -0.3 is 5.32 Å². The third-order valence-corrected chi connectivity index (χ3v) is 6.13. The number of rotatable bonds is 5. The summed E-state index contributed by atoms with van der Waals surface area (Å²) in [6.07, 6.45) is 7.43. The van der Waals surface area contributed by atoms with Crippen molar-refractivity contribution < 1.29 is 0 Å². The SMILES string of the molecule is C[C@H]1CCC[C@H](C)N1CCNc1nc2ccccc2c2nc(-c3cccnc3)nn12. The number of likely N-dealkylation sites (tertiary alicyclic amines) is 1. The Labute approximate surface area is 176 Å². The molecule has 4 heterocycles. The van der Waals surface area contributed by atoms with E-state index in [-0.39, 0.29) is 0 Å². The first kappa shape index (κ1) is 18.9. The van der Waals surface area contributed by atoms with Gasteiger partial charge in [-0.2, -0.15) is 4.52 Å². The lowest BCUT2D eigenvalue weighted by molar-refractivity contribution is 0.109. The lowest BCUT2D eigenvalue weighted by atomic mass is 9.98. The zero-order valence-corrected chi connectivity index (χ0v) is 17.5. The number of piperidine rings is 1. The molecule has 1 fully saturated rings. The molecule has 2 atom stereocenters. The van der Waals surface area contributed by atoms with E-state index in [1.807, 2.05) is 40.9 Å². The van der Waals surface area contributed by atoms with Gasteiger partial charge >= 0.3 is 0 Å². The van der Waals surface area contributed by atoms with Gasteiger partial charge in [-0.1, -0.05) is 18.6 Å². The van der Waals surface area contributed by atoms with Crippen LogP contribution in [0.5, 0.6) is 0 Å². The average Bonchev–Trinajstić information content (AvgIpc) is 3.22. The highest BCUT2D eigenvalue weighted by Gasteiger charge is 2.24. The largest absolute Gasteiger partial charge is 0.353 e. The Hall–Kier alpha value is -3.06. The van der Waals surface area contributed by atoms with E-state index < -0.39 is 0 Å². The topological polar surface area (TPSA) is 71.2 Å². The van der Waals surface area contributed by atoms with Crippen molar-refractivity contribution >= 4 is 22.5 Å². The Morgan fingerprint density at radius 3 is 2.67 bits per heavy atom. The highest BCUT2D eigenvalue weighted by molar-refractivity contribution is 5.92. The number of hydrogen-bond acceptors (Lipinski definition) is 6. The van der Waals surface area contributed by atoms with Crippen molar-refractivity contribution in [3.05, 3.63) is 48.8 Å². The molecule has 30 heavy (non-hydrogen) atoms. The molecule has 5 rings (SSSR count). The van der Waals surface area contributed by atoms with Gasteiger partial charge in [-0.15, -0.1) is 5.10 Å². The zero-order chi connectivity index (χ0) is 20.5. The Morgan fingerprint density at radius 1 is 1.03 bits per heavy atom. The monoisotopic (exact) mass is 401 g/mol. The Bertz CT molecular complexity index is 1140. The number of para-hydroxylation sites is 1. The van der Waals surface area contributed by atoms with Crippen LogP contribution in [0.2, 0.25) is 0 Å². The molecule has 1 saturated heterocycles. The van der Waals surface area contributed by atoms with Gasteiger partial charge in [-0.3, -0.25) is 9.88 Å². The summed E-state index contributed by atoms with van der Waals surface area (Å²) in [6, 6.07) is 13.2. The highest BCUT2D eigenvalue weighted by atomic mass is 15.4. The molecule has 4 aromatic rings. The van der Waals surface area contributed by atoms with Gasteiger partial charge in [0.1, 0.15) is 0 Å². The van der Waals surface area contributed by atoms with E-state index in [0.29, 0.717) is 17.9 Å². The number of fused-ring (bicyclic) bond motifs is 3. The van der Waals surface area contributed by atoms with Gasteiger partial charge in [0, 0.05) is 48.5 Å². The lowest BCUT2D eigenvalue weighted by Crippen LogP contribution is -2.45. The number of anilines is 1. The number of nitrogens with zero attached hydrogens (tertiary/aromatic N) is 6. The first-order valence-electron chi connectivity index (χ1n) is 10.8. The summed E-state index contributed by atoms with van der Waals surface area (Å²) in [5.74, 6) is 1.38. The summed E-state index contributed by atoms with van der Waals surface area (Å²) in [7, 11) is 0. The fraction of sp³-hybridized carbons (Fsp3) is 0.391. The minimum atomic E-state index is 0.628. The summed E-state index contributed by atoms with van der Waals surface area (Å²) in [5.41, 5.74) is 2.62. The standard InChI is InChI=1S/C23H27N7/c1-16-7-5-8-17(2)29(16)14-13-25-23-26-20-11-4-3-10-19(20)22-27-21(28-30(22)23)18-9-6-12-24-15-18/h3-4,6,9-12,15-17H,5,7-8,13-14H2,1-2H3,(H,25,26)/t16-,17-/m0/s1. The number of hydrogen-bond donors (Lipinski definition) is 1. The lowest BCUT2D eigenvalue weighted by Gasteiger charge is -2.39. The summed E-state index contributed by atoms with van der Waals surface area (Å²) in [4.78, 5) is 16.5. The smallest absolute Gasteiger partial charge is 0.226 e. The van der Waals surface area contributed by atoms with Crippen molar-refractivity contribution in [1.82, 2.24) is 29.5 Å². The first-order chi connectivity index (χ1) is 14.7. The van der Waals surface area contributed by atoms with Gasteiger partial charge in [0.2, 0.25) is 5.95 Å². The van der Waals surface area contributed by atoms with E-state index in [1.165, 1.54) is 19.3 Å².